The smallest absolute Gasteiger partial charge is 0.227 e. The van der Waals surface area contributed by atoms with E-state index < -0.39 is 0 Å². The van der Waals surface area contributed by atoms with Gasteiger partial charge in [0.15, 0.2) is 5.13 Å². The van der Waals surface area contributed by atoms with E-state index in [2.05, 4.69) is 15.6 Å². The van der Waals surface area contributed by atoms with Crippen LogP contribution in [0.5, 0.6) is 0 Å². The van der Waals surface area contributed by atoms with Crippen LogP contribution in [0.25, 0.3) is 10.6 Å². The lowest BCUT2D eigenvalue weighted by atomic mass is 10.4. The van der Waals surface area contributed by atoms with Crippen LogP contribution in [-0.2, 0) is 4.79 Å². The fourth-order valence-corrected chi connectivity index (χ4v) is 2.78. The molecule has 0 atom stereocenters. The summed E-state index contributed by atoms with van der Waals surface area (Å²) < 4.78 is 0. The van der Waals surface area contributed by atoms with Gasteiger partial charge in [-0.1, -0.05) is 6.07 Å². The monoisotopic (exact) mass is 267 g/mol. The van der Waals surface area contributed by atoms with Crippen molar-refractivity contribution in [2.24, 2.45) is 0 Å². The second-order valence-electron chi connectivity index (χ2n) is 3.42. The van der Waals surface area contributed by atoms with E-state index in [0.29, 0.717) is 18.1 Å². The summed E-state index contributed by atoms with van der Waals surface area (Å²) in [5, 5.41) is 10.4. The van der Waals surface area contributed by atoms with Gasteiger partial charge in [0.1, 0.15) is 0 Å². The maximum absolute atomic E-state index is 11.5. The van der Waals surface area contributed by atoms with Gasteiger partial charge in [-0.15, -0.1) is 22.7 Å². The number of hydrogen-bond donors (Lipinski definition) is 2. The van der Waals surface area contributed by atoms with Crippen molar-refractivity contribution in [1.29, 1.82) is 0 Å². The van der Waals surface area contributed by atoms with Crippen LogP contribution >= 0.6 is 22.7 Å². The largest absolute Gasteiger partial charge is 0.319 e. The Morgan fingerprint density at radius 2 is 2.35 bits per heavy atom. The molecule has 0 unspecified atom stereocenters. The number of carbonyl (C=O) groups excluding carboxylic acids is 1. The maximum Gasteiger partial charge on any atom is 0.227 e. The third-order valence-electron chi connectivity index (χ3n) is 2.13. The first-order chi connectivity index (χ1) is 8.29. The van der Waals surface area contributed by atoms with Crippen molar-refractivity contribution in [1.82, 2.24) is 10.3 Å². The van der Waals surface area contributed by atoms with Crippen molar-refractivity contribution in [3.63, 3.8) is 0 Å². The van der Waals surface area contributed by atoms with Gasteiger partial charge in [0.25, 0.3) is 0 Å². The van der Waals surface area contributed by atoms with E-state index in [1.54, 1.807) is 11.3 Å². The van der Waals surface area contributed by atoms with E-state index in [0.717, 1.165) is 10.6 Å². The summed E-state index contributed by atoms with van der Waals surface area (Å²) in [4.78, 5) is 17.0. The van der Waals surface area contributed by atoms with Crippen molar-refractivity contribution in [2.45, 2.75) is 6.42 Å². The van der Waals surface area contributed by atoms with Gasteiger partial charge in [-0.05, 0) is 18.5 Å². The van der Waals surface area contributed by atoms with Crippen molar-refractivity contribution in [3.8, 4) is 10.6 Å². The Hall–Kier alpha value is -1.24. The first-order valence-electron chi connectivity index (χ1n) is 5.23. The predicted octanol–water partition coefficient (Wildman–Crippen LogP) is 2.42. The average molecular weight is 267 g/mol. The molecule has 0 bridgehead atoms. The van der Waals surface area contributed by atoms with Gasteiger partial charge < -0.3 is 10.6 Å². The fourth-order valence-electron chi connectivity index (χ4n) is 1.29. The highest BCUT2D eigenvalue weighted by atomic mass is 32.1. The SMILES string of the molecule is CNCCC(=O)Nc1nc(-c2cccs2)cs1. The van der Waals surface area contributed by atoms with Gasteiger partial charge in [-0.2, -0.15) is 0 Å². The number of anilines is 1. The minimum Gasteiger partial charge on any atom is -0.319 e. The zero-order valence-electron chi connectivity index (χ0n) is 9.40. The van der Waals surface area contributed by atoms with Crippen molar-refractivity contribution >= 4 is 33.7 Å². The normalized spacial score (nSPS) is 10.4. The van der Waals surface area contributed by atoms with Crippen LogP contribution in [0.2, 0.25) is 0 Å². The molecular weight excluding hydrogens is 254 g/mol. The molecule has 4 nitrogen and oxygen atoms in total. The molecule has 0 aliphatic heterocycles. The van der Waals surface area contributed by atoms with E-state index in [4.69, 9.17) is 0 Å². The van der Waals surface area contributed by atoms with Crippen LogP contribution < -0.4 is 10.6 Å². The van der Waals surface area contributed by atoms with Crippen LogP contribution in [0, 0.1) is 0 Å². The van der Waals surface area contributed by atoms with E-state index in [9.17, 15) is 4.79 Å². The molecule has 0 saturated heterocycles. The summed E-state index contributed by atoms with van der Waals surface area (Å²) in [6, 6.07) is 4.01. The first kappa shape index (κ1) is 12.2. The minimum absolute atomic E-state index is 0.00794. The maximum atomic E-state index is 11.5. The summed E-state index contributed by atoms with van der Waals surface area (Å²) in [6.45, 7) is 0.676. The number of carbonyl (C=O) groups is 1. The number of nitrogens with zero attached hydrogens (tertiary/aromatic N) is 1. The van der Waals surface area contributed by atoms with Gasteiger partial charge in [-0.3, -0.25) is 4.79 Å². The summed E-state index contributed by atoms with van der Waals surface area (Å²) in [6.07, 6.45) is 0.463. The van der Waals surface area contributed by atoms with Crippen molar-refractivity contribution < 1.29 is 4.79 Å². The Morgan fingerprint density at radius 3 is 3.06 bits per heavy atom. The second kappa shape index (κ2) is 5.90. The Labute approximate surface area is 108 Å². The highest BCUT2D eigenvalue weighted by Gasteiger charge is 2.07. The van der Waals surface area contributed by atoms with Gasteiger partial charge in [-0.25, -0.2) is 4.98 Å². The third-order valence-corrected chi connectivity index (χ3v) is 3.78. The van der Waals surface area contributed by atoms with Crippen molar-refractivity contribution in [3.05, 3.63) is 22.9 Å². The molecule has 0 saturated carbocycles. The number of nitrogens with one attached hydrogen (secondary N) is 2. The zero-order chi connectivity index (χ0) is 12.1. The third kappa shape index (κ3) is 3.36. The molecule has 1 amide bonds. The first-order valence-corrected chi connectivity index (χ1v) is 6.99. The van der Waals surface area contributed by atoms with E-state index in [1.165, 1.54) is 11.3 Å². The standard InChI is InChI=1S/C11H13N3OS2/c1-12-5-4-10(15)14-11-13-8(7-17-11)9-3-2-6-16-9/h2-3,6-7,12H,4-5H2,1H3,(H,13,14,15). The Kier molecular flexibility index (Phi) is 4.24. The molecule has 2 aromatic rings. The lowest BCUT2D eigenvalue weighted by Gasteiger charge is -2.00. The lowest BCUT2D eigenvalue weighted by molar-refractivity contribution is -0.116. The highest BCUT2D eigenvalue weighted by Crippen LogP contribution is 2.28. The molecule has 0 aromatic carbocycles. The summed E-state index contributed by atoms with van der Waals surface area (Å²) in [7, 11) is 1.82. The lowest BCUT2D eigenvalue weighted by Crippen LogP contribution is -2.18. The highest BCUT2D eigenvalue weighted by molar-refractivity contribution is 7.16. The molecule has 0 aliphatic rings. The predicted molar refractivity (Wildman–Crippen MR) is 72.6 cm³/mol. The summed E-state index contributed by atoms with van der Waals surface area (Å²) in [5.41, 5.74) is 0.925. The van der Waals surface area contributed by atoms with Gasteiger partial charge in [0.05, 0.1) is 10.6 Å². The average Bonchev–Trinajstić information content (AvgIpc) is 2.95. The molecule has 90 valence electrons. The number of amides is 1. The molecule has 6 heteroatoms. The van der Waals surface area contributed by atoms with Crippen LogP contribution in [-0.4, -0.2) is 24.5 Å². The molecule has 0 spiro atoms. The number of aromatic nitrogens is 1. The molecule has 2 rings (SSSR count). The van der Waals surface area contributed by atoms with Crippen LogP contribution in [0.3, 0.4) is 0 Å². The number of rotatable bonds is 5. The molecule has 0 radical (unpaired) electrons. The molecule has 2 N–H and O–H groups in total. The van der Waals surface area contributed by atoms with Crippen LogP contribution in [0.4, 0.5) is 5.13 Å². The van der Waals surface area contributed by atoms with E-state index >= 15 is 0 Å². The molecular formula is C11H13N3OS2. The topological polar surface area (TPSA) is 54.0 Å². The minimum atomic E-state index is -0.00794. The Balaban J connectivity index is 1.97. The Bertz CT molecular complexity index is 479. The van der Waals surface area contributed by atoms with Gasteiger partial charge in [0, 0.05) is 18.3 Å². The zero-order valence-corrected chi connectivity index (χ0v) is 11.0. The van der Waals surface area contributed by atoms with Crippen molar-refractivity contribution in [2.75, 3.05) is 18.9 Å². The number of thiazole rings is 1. The van der Waals surface area contributed by atoms with Crippen LogP contribution in [0.1, 0.15) is 6.42 Å². The molecule has 2 heterocycles. The van der Waals surface area contributed by atoms with E-state index in [1.807, 2.05) is 29.9 Å². The number of hydrogen-bond acceptors (Lipinski definition) is 5. The quantitative estimate of drug-likeness (QED) is 0.874. The van der Waals surface area contributed by atoms with Gasteiger partial charge in [0.2, 0.25) is 5.91 Å². The van der Waals surface area contributed by atoms with E-state index in [-0.39, 0.29) is 5.91 Å². The fraction of sp³-hybridized carbons (Fsp3) is 0.273. The molecule has 2 aromatic heterocycles. The van der Waals surface area contributed by atoms with Crippen LogP contribution in [0.15, 0.2) is 22.9 Å². The molecule has 0 fully saturated rings. The number of thiophene rings is 1. The van der Waals surface area contributed by atoms with Gasteiger partial charge >= 0.3 is 0 Å². The molecule has 17 heavy (non-hydrogen) atoms. The summed E-state index contributed by atoms with van der Waals surface area (Å²) in [5.74, 6) is -0.00794. The molecule has 0 aliphatic carbocycles. The Morgan fingerprint density at radius 1 is 1.47 bits per heavy atom. The summed E-state index contributed by atoms with van der Waals surface area (Å²) >= 11 is 3.10. The second-order valence-corrected chi connectivity index (χ2v) is 5.22.